The van der Waals surface area contributed by atoms with Crippen molar-refractivity contribution in [1.82, 2.24) is 4.90 Å². The zero-order chi connectivity index (χ0) is 21.1. The van der Waals surface area contributed by atoms with Crippen LogP contribution < -0.4 is 10.6 Å². The molecule has 2 aromatic rings. The fraction of sp³-hybridized carbons (Fsp3) is 0.440. The van der Waals surface area contributed by atoms with E-state index in [-0.39, 0.29) is 17.9 Å². The number of piperidine rings is 1. The number of amides is 2. The van der Waals surface area contributed by atoms with Crippen molar-refractivity contribution in [2.24, 2.45) is 11.8 Å². The maximum Gasteiger partial charge on any atom is 0.253 e. The summed E-state index contributed by atoms with van der Waals surface area (Å²) in [6, 6.07) is 16.0. The molecule has 2 aliphatic heterocycles. The molecule has 0 radical (unpaired) electrons. The number of benzene rings is 2. The van der Waals surface area contributed by atoms with Crippen LogP contribution in [-0.4, -0.2) is 35.8 Å². The van der Waals surface area contributed by atoms with Gasteiger partial charge in [-0.05, 0) is 61.3 Å². The van der Waals surface area contributed by atoms with Gasteiger partial charge in [-0.15, -0.1) is 0 Å². The lowest BCUT2D eigenvalue weighted by Gasteiger charge is -2.33. The Morgan fingerprint density at radius 3 is 2.50 bits per heavy atom. The Morgan fingerprint density at radius 2 is 1.80 bits per heavy atom. The van der Waals surface area contributed by atoms with Crippen molar-refractivity contribution in [3.8, 4) is 0 Å². The molecule has 0 aromatic heterocycles. The maximum absolute atomic E-state index is 13.0. The number of likely N-dealkylation sites (tertiary alicyclic amines) is 1. The molecule has 1 saturated heterocycles. The molecular weight excluding hydrogens is 374 g/mol. The van der Waals surface area contributed by atoms with Gasteiger partial charge in [-0.2, -0.15) is 0 Å². The minimum atomic E-state index is -0.220. The Bertz CT molecular complexity index is 902. The number of hydrogen-bond acceptors (Lipinski definition) is 3. The van der Waals surface area contributed by atoms with Crippen molar-refractivity contribution >= 4 is 23.2 Å². The van der Waals surface area contributed by atoms with Crippen molar-refractivity contribution in [1.29, 1.82) is 0 Å². The molecular formula is C25H31N3O2. The van der Waals surface area contributed by atoms with Gasteiger partial charge in [0.1, 0.15) is 6.04 Å². The summed E-state index contributed by atoms with van der Waals surface area (Å²) in [5, 5.41) is 6.29. The molecule has 2 amide bonds. The standard InChI is InChI=1S/C25H31N3O2/c1-17(2)14-23-24(29)27-22-16-20(8-9-21(22)26-23)25(30)28-12-10-19(11-13-28)15-18-6-4-3-5-7-18/h3-9,16-17,19,23,26H,10-15H2,1-2H3,(H,27,29). The molecule has 5 heteroatoms. The van der Waals surface area contributed by atoms with E-state index in [1.165, 1.54) is 5.56 Å². The molecule has 0 bridgehead atoms. The summed E-state index contributed by atoms with van der Waals surface area (Å²) in [6.07, 6.45) is 3.92. The van der Waals surface area contributed by atoms with E-state index in [0.717, 1.165) is 44.5 Å². The van der Waals surface area contributed by atoms with Gasteiger partial charge in [-0.25, -0.2) is 0 Å². The second kappa shape index (κ2) is 8.90. The van der Waals surface area contributed by atoms with Crippen molar-refractivity contribution in [2.75, 3.05) is 23.7 Å². The third kappa shape index (κ3) is 4.66. The smallest absolute Gasteiger partial charge is 0.253 e. The lowest BCUT2D eigenvalue weighted by molar-refractivity contribution is -0.117. The van der Waals surface area contributed by atoms with E-state index >= 15 is 0 Å². The fourth-order valence-electron chi connectivity index (χ4n) is 4.49. The first-order valence-electron chi connectivity index (χ1n) is 11.0. The molecule has 2 aliphatic rings. The molecule has 0 aliphatic carbocycles. The molecule has 2 heterocycles. The van der Waals surface area contributed by atoms with Crippen LogP contribution in [0.2, 0.25) is 0 Å². The van der Waals surface area contributed by atoms with Gasteiger partial charge < -0.3 is 15.5 Å². The third-order valence-corrected chi connectivity index (χ3v) is 6.15. The Labute approximate surface area is 178 Å². The molecule has 5 nitrogen and oxygen atoms in total. The number of anilines is 2. The first kappa shape index (κ1) is 20.5. The Kier molecular flexibility index (Phi) is 6.07. The Hall–Kier alpha value is -2.82. The van der Waals surface area contributed by atoms with Crippen molar-refractivity contribution < 1.29 is 9.59 Å². The van der Waals surface area contributed by atoms with E-state index in [4.69, 9.17) is 0 Å². The summed E-state index contributed by atoms with van der Waals surface area (Å²) >= 11 is 0. The van der Waals surface area contributed by atoms with E-state index in [1.807, 2.05) is 29.2 Å². The van der Waals surface area contributed by atoms with Crippen LogP contribution >= 0.6 is 0 Å². The summed E-state index contributed by atoms with van der Waals surface area (Å²) in [5.74, 6) is 1.08. The number of carbonyl (C=O) groups is 2. The van der Waals surface area contributed by atoms with Crippen LogP contribution in [0.5, 0.6) is 0 Å². The van der Waals surface area contributed by atoms with Gasteiger partial charge >= 0.3 is 0 Å². The monoisotopic (exact) mass is 405 g/mol. The van der Waals surface area contributed by atoms with Gasteiger partial charge in [-0.1, -0.05) is 44.2 Å². The highest BCUT2D eigenvalue weighted by Gasteiger charge is 2.28. The lowest BCUT2D eigenvalue weighted by atomic mass is 9.90. The van der Waals surface area contributed by atoms with Crippen LogP contribution in [0.1, 0.15) is 49.0 Å². The summed E-state index contributed by atoms with van der Waals surface area (Å²) in [4.78, 5) is 27.4. The van der Waals surface area contributed by atoms with Crippen molar-refractivity contribution in [3.63, 3.8) is 0 Å². The molecule has 4 rings (SSSR count). The first-order chi connectivity index (χ1) is 14.5. The van der Waals surface area contributed by atoms with Crippen LogP contribution in [-0.2, 0) is 11.2 Å². The summed E-state index contributed by atoms with van der Waals surface area (Å²) in [5.41, 5.74) is 3.60. The fourth-order valence-corrected chi connectivity index (χ4v) is 4.49. The summed E-state index contributed by atoms with van der Waals surface area (Å²) in [7, 11) is 0. The highest BCUT2D eigenvalue weighted by molar-refractivity contribution is 6.05. The maximum atomic E-state index is 13.0. The lowest BCUT2D eigenvalue weighted by Crippen LogP contribution is -2.40. The number of nitrogens with one attached hydrogen (secondary N) is 2. The molecule has 30 heavy (non-hydrogen) atoms. The van der Waals surface area contributed by atoms with E-state index in [9.17, 15) is 9.59 Å². The summed E-state index contributed by atoms with van der Waals surface area (Å²) < 4.78 is 0. The van der Waals surface area contributed by atoms with Gasteiger partial charge in [0.25, 0.3) is 5.91 Å². The largest absolute Gasteiger partial charge is 0.372 e. The molecule has 1 unspecified atom stereocenters. The van der Waals surface area contributed by atoms with Gasteiger partial charge in [0.15, 0.2) is 0 Å². The summed E-state index contributed by atoms with van der Waals surface area (Å²) in [6.45, 7) is 5.79. The highest BCUT2D eigenvalue weighted by atomic mass is 16.2. The SMILES string of the molecule is CC(C)CC1Nc2ccc(C(=O)N3CCC(Cc4ccccc4)CC3)cc2NC1=O. The van der Waals surface area contributed by atoms with Gasteiger partial charge in [0.2, 0.25) is 5.91 Å². The highest BCUT2D eigenvalue weighted by Crippen LogP contribution is 2.30. The number of fused-ring (bicyclic) bond motifs is 1. The molecule has 1 atom stereocenters. The minimum absolute atomic E-state index is 0.0254. The minimum Gasteiger partial charge on any atom is -0.372 e. The molecule has 1 fully saturated rings. The Morgan fingerprint density at radius 1 is 1.07 bits per heavy atom. The number of carbonyl (C=O) groups excluding carboxylic acids is 2. The normalized spacial score (nSPS) is 19.2. The first-order valence-corrected chi connectivity index (χ1v) is 11.0. The van der Waals surface area contributed by atoms with Crippen molar-refractivity contribution in [2.45, 2.75) is 45.6 Å². The topological polar surface area (TPSA) is 61.4 Å². The van der Waals surface area contributed by atoms with Crippen molar-refractivity contribution in [3.05, 3.63) is 59.7 Å². The molecule has 0 spiro atoms. The van der Waals surface area contributed by atoms with Crippen LogP contribution in [0.3, 0.4) is 0 Å². The third-order valence-electron chi connectivity index (χ3n) is 6.15. The van der Waals surface area contributed by atoms with E-state index in [2.05, 4.69) is 48.7 Å². The van der Waals surface area contributed by atoms with Crippen LogP contribution in [0, 0.1) is 11.8 Å². The zero-order valence-electron chi connectivity index (χ0n) is 17.9. The number of rotatable bonds is 5. The molecule has 2 aromatic carbocycles. The predicted octanol–water partition coefficient (Wildman–Crippen LogP) is 4.56. The van der Waals surface area contributed by atoms with E-state index < -0.39 is 0 Å². The molecule has 158 valence electrons. The molecule has 0 saturated carbocycles. The van der Waals surface area contributed by atoms with Gasteiger partial charge in [-0.3, -0.25) is 9.59 Å². The van der Waals surface area contributed by atoms with Crippen LogP contribution in [0.4, 0.5) is 11.4 Å². The second-order valence-corrected chi connectivity index (χ2v) is 9.00. The van der Waals surface area contributed by atoms with Crippen LogP contribution in [0.25, 0.3) is 0 Å². The Balaban J connectivity index is 1.37. The van der Waals surface area contributed by atoms with Crippen LogP contribution in [0.15, 0.2) is 48.5 Å². The van der Waals surface area contributed by atoms with Gasteiger partial charge in [0, 0.05) is 18.7 Å². The predicted molar refractivity (Wildman–Crippen MR) is 121 cm³/mol. The average molecular weight is 406 g/mol. The quantitative estimate of drug-likeness (QED) is 0.767. The van der Waals surface area contributed by atoms with E-state index in [1.54, 1.807) is 0 Å². The van der Waals surface area contributed by atoms with E-state index in [0.29, 0.717) is 23.1 Å². The second-order valence-electron chi connectivity index (χ2n) is 9.00. The molecule has 2 N–H and O–H groups in total. The van der Waals surface area contributed by atoms with Gasteiger partial charge in [0.05, 0.1) is 11.4 Å². The average Bonchev–Trinajstić information content (AvgIpc) is 2.74. The zero-order valence-corrected chi connectivity index (χ0v) is 17.9. The number of hydrogen-bond donors (Lipinski definition) is 2. The number of nitrogens with zero attached hydrogens (tertiary/aromatic N) is 1.